The van der Waals surface area contributed by atoms with Crippen LogP contribution in [0.4, 0.5) is 0 Å². The van der Waals surface area contributed by atoms with E-state index < -0.39 is 5.60 Å². The van der Waals surface area contributed by atoms with Gasteiger partial charge in [0.25, 0.3) is 5.91 Å². The summed E-state index contributed by atoms with van der Waals surface area (Å²) in [6, 6.07) is 5.59. The van der Waals surface area contributed by atoms with Gasteiger partial charge in [-0.15, -0.1) is 0 Å². The lowest BCUT2D eigenvalue weighted by molar-refractivity contribution is 0.0781. The van der Waals surface area contributed by atoms with Crippen LogP contribution in [0.5, 0.6) is 0 Å². The summed E-state index contributed by atoms with van der Waals surface area (Å²) in [6.45, 7) is 4.11. The minimum atomic E-state index is -0.892. The van der Waals surface area contributed by atoms with E-state index in [4.69, 9.17) is 0 Å². The molecule has 0 radical (unpaired) electrons. The summed E-state index contributed by atoms with van der Waals surface area (Å²) in [5.74, 6) is 0.0381. The molecular formula is C12H15NO2. The van der Waals surface area contributed by atoms with E-state index in [2.05, 4.69) is 0 Å². The summed E-state index contributed by atoms with van der Waals surface area (Å²) in [7, 11) is 1.78. The zero-order valence-corrected chi connectivity index (χ0v) is 9.24. The van der Waals surface area contributed by atoms with E-state index in [1.807, 2.05) is 12.1 Å². The number of nitrogens with zero attached hydrogens (tertiary/aromatic N) is 1. The monoisotopic (exact) mass is 205 g/mol. The molecule has 0 aliphatic carbocycles. The molecule has 0 aromatic heterocycles. The number of amides is 1. The molecule has 80 valence electrons. The summed E-state index contributed by atoms with van der Waals surface area (Å²) in [6.07, 6.45) is 0. The highest BCUT2D eigenvalue weighted by atomic mass is 16.3. The van der Waals surface area contributed by atoms with Gasteiger partial charge in [0.1, 0.15) is 0 Å². The maximum absolute atomic E-state index is 11.7. The molecule has 0 fully saturated rings. The lowest BCUT2D eigenvalue weighted by Crippen LogP contribution is -2.18. The van der Waals surface area contributed by atoms with Crippen molar-refractivity contribution in [3.63, 3.8) is 0 Å². The molecule has 0 bridgehead atoms. The zero-order valence-electron chi connectivity index (χ0n) is 9.24. The van der Waals surface area contributed by atoms with Gasteiger partial charge >= 0.3 is 0 Å². The standard InChI is InChI=1S/C12H15NO2/c1-12(2,15)9-5-4-8-7-13(3)11(14)10(8)6-9/h4-6,15H,7H2,1-3H3. The lowest BCUT2D eigenvalue weighted by Gasteiger charge is -2.18. The van der Waals surface area contributed by atoms with Crippen LogP contribution in [-0.2, 0) is 12.1 Å². The Morgan fingerprint density at radius 1 is 1.40 bits per heavy atom. The summed E-state index contributed by atoms with van der Waals surface area (Å²) >= 11 is 0. The smallest absolute Gasteiger partial charge is 0.254 e. The molecule has 0 unspecified atom stereocenters. The predicted molar refractivity (Wildman–Crippen MR) is 57.5 cm³/mol. The number of rotatable bonds is 1. The van der Waals surface area contributed by atoms with Gasteiger partial charge in [0.15, 0.2) is 0 Å². The number of carbonyl (C=O) groups excluding carboxylic acids is 1. The van der Waals surface area contributed by atoms with Gasteiger partial charge in [-0.25, -0.2) is 0 Å². The maximum atomic E-state index is 11.7. The SMILES string of the molecule is CN1Cc2ccc(C(C)(C)O)cc2C1=O. The quantitative estimate of drug-likeness (QED) is 0.754. The van der Waals surface area contributed by atoms with E-state index in [0.29, 0.717) is 6.54 Å². The van der Waals surface area contributed by atoms with E-state index >= 15 is 0 Å². The van der Waals surface area contributed by atoms with Gasteiger partial charge in [-0.2, -0.15) is 0 Å². The minimum absolute atomic E-state index is 0.0381. The topological polar surface area (TPSA) is 40.5 Å². The van der Waals surface area contributed by atoms with Gasteiger partial charge in [-0.1, -0.05) is 12.1 Å². The third-order valence-corrected chi connectivity index (χ3v) is 2.80. The van der Waals surface area contributed by atoms with E-state index in [9.17, 15) is 9.90 Å². The molecule has 1 aliphatic rings. The second kappa shape index (κ2) is 3.07. The van der Waals surface area contributed by atoms with Crippen LogP contribution >= 0.6 is 0 Å². The molecule has 1 aliphatic heterocycles. The molecule has 0 atom stereocenters. The summed E-state index contributed by atoms with van der Waals surface area (Å²) in [5, 5.41) is 9.85. The second-order valence-corrected chi connectivity index (χ2v) is 4.59. The Labute approximate surface area is 89.3 Å². The van der Waals surface area contributed by atoms with Gasteiger partial charge in [-0.3, -0.25) is 4.79 Å². The van der Waals surface area contributed by atoms with Gasteiger partial charge in [0, 0.05) is 19.2 Å². The molecular weight excluding hydrogens is 190 g/mol. The first-order chi connectivity index (χ1) is 6.89. The number of benzene rings is 1. The fraction of sp³-hybridized carbons (Fsp3) is 0.417. The second-order valence-electron chi connectivity index (χ2n) is 4.59. The van der Waals surface area contributed by atoms with Crippen LogP contribution in [-0.4, -0.2) is 23.0 Å². The van der Waals surface area contributed by atoms with Crippen LogP contribution in [0, 0.1) is 0 Å². The highest BCUT2D eigenvalue weighted by molar-refractivity contribution is 5.98. The minimum Gasteiger partial charge on any atom is -0.386 e. The van der Waals surface area contributed by atoms with Gasteiger partial charge in [0.05, 0.1) is 5.60 Å². The highest BCUT2D eigenvalue weighted by Gasteiger charge is 2.26. The Morgan fingerprint density at radius 2 is 2.07 bits per heavy atom. The van der Waals surface area contributed by atoms with E-state index in [0.717, 1.165) is 16.7 Å². The Hall–Kier alpha value is -1.35. The van der Waals surface area contributed by atoms with Crippen molar-refractivity contribution in [3.8, 4) is 0 Å². The molecule has 3 nitrogen and oxygen atoms in total. The third kappa shape index (κ3) is 1.63. The number of hydrogen-bond donors (Lipinski definition) is 1. The van der Waals surface area contributed by atoms with E-state index in [1.165, 1.54) is 0 Å². The van der Waals surface area contributed by atoms with Gasteiger partial charge < -0.3 is 10.0 Å². The molecule has 1 amide bonds. The fourth-order valence-electron chi connectivity index (χ4n) is 1.83. The van der Waals surface area contributed by atoms with Crippen LogP contribution in [0.3, 0.4) is 0 Å². The first-order valence-corrected chi connectivity index (χ1v) is 5.01. The highest BCUT2D eigenvalue weighted by Crippen LogP contribution is 2.27. The normalized spacial score (nSPS) is 15.7. The van der Waals surface area contributed by atoms with Crippen molar-refractivity contribution in [2.75, 3.05) is 7.05 Å². The molecule has 0 saturated carbocycles. The third-order valence-electron chi connectivity index (χ3n) is 2.80. The van der Waals surface area contributed by atoms with Crippen molar-refractivity contribution >= 4 is 5.91 Å². The Morgan fingerprint density at radius 3 is 2.67 bits per heavy atom. The van der Waals surface area contributed by atoms with Gasteiger partial charge in [0.2, 0.25) is 0 Å². The molecule has 1 aromatic carbocycles. The van der Waals surface area contributed by atoms with E-state index in [1.54, 1.807) is 31.9 Å². The summed E-state index contributed by atoms with van der Waals surface area (Å²) in [5.41, 5.74) is 1.65. The summed E-state index contributed by atoms with van der Waals surface area (Å²) < 4.78 is 0. The largest absolute Gasteiger partial charge is 0.386 e. The Bertz CT molecular complexity index is 418. The molecule has 0 saturated heterocycles. The van der Waals surface area contributed by atoms with Crippen molar-refractivity contribution < 1.29 is 9.90 Å². The molecule has 15 heavy (non-hydrogen) atoms. The molecule has 1 heterocycles. The van der Waals surface area contributed by atoms with Crippen molar-refractivity contribution in [2.24, 2.45) is 0 Å². The van der Waals surface area contributed by atoms with Crippen molar-refractivity contribution in [3.05, 3.63) is 34.9 Å². The van der Waals surface area contributed by atoms with E-state index in [-0.39, 0.29) is 5.91 Å². The zero-order chi connectivity index (χ0) is 11.2. The van der Waals surface area contributed by atoms with Crippen molar-refractivity contribution in [1.29, 1.82) is 0 Å². The van der Waals surface area contributed by atoms with Crippen molar-refractivity contribution in [1.82, 2.24) is 4.90 Å². The number of fused-ring (bicyclic) bond motifs is 1. The number of aliphatic hydroxyl groups is 1. The Balaban J connectivity index is 2.49. The Kier molecular flexibility index (Phi) is 2.08. The first kappa shape index (κ1) is 10.2. The molecule has 2 rings (SSSR count). The van der Waals surface area contributed by atoms with Gasteiger partial charge in [-0.05, 0) is 31.0 Å². The molecule has 0 spiro atoms. The molecule has 1 aromatic rings. The van der Waals surface area contributed by atoms with Crippen LogP contribution in [0.25, 0.3) is 0 Å². The average Bonchev–Trinajstić information content (AvgIpc) is 2.41. The molecule has 3 heteroatoms. The molecule has 1 N–H and O–H groups in total. The maximum Gasteiger partial charge on any atom is 0.254 e. The predicted octanol–water partition coefficient (Wildman–Crippen LogP) is 1.50. The number of carbonyl (C=O) groups is 1. The van der Waals surface area contributed by atoms with Crippen LogP contribution in [0.2, 0.25) is 0 Å². The lowest BCUT2D eigenvalue weighted by atomic mass is 9.95. The first-order valence-electron chi connectivity index (χ1n) is 5.01. The van der Waals surface area contributed by atoms with Crippen LogP contribution in [0.15, 0.2) is 18.2 Å². The summed E-state index contributed by atoms with van der Waals surface area (Å²) in [4.78, 5) is 13.4. The van der Waals surface area contributed by atoms with Crippen LogP contribution < -0.4 is 0 Å². The average molecular weight is 205 g/mol. The number of hydrogen-bond acceptors (Lipinski definition) is 2. The fourth-order valence-corrected chi connectivity index (χ4v) is 1.83. The van der Waals surface area contributed by atoms with Crippen LogP contribution in [0.1, 0.15) is 35.3 Å². The van der Waals surface area contributed by atoms with Crippen molar-refractivity contribution in [2.45, 2.75) is 26.0 Å².